The molecular formula is C13H17N3O5. The number of nitro groups is 1. The first-order valence-corrected chi connectivity index (χ1v) is 6.81. The van der Waals surface area contributed by atoms with Gasteiger partial charge >= 0.3 is 11.8 Å². The van der Waals surface area contributed by atoms with Crippen molar-refractivity contribution >= 4 is 17.7 Å². The van der Waals surface area contributed by atoms with Crippen LogP contribution >= 0.6 is 0 Å². The lowest BCUT2D eigenvalue weighted by molar-refractivity contribution is -0.389. The Kier molecular flexibility index (Phi) is 4.56. The number of aromatic amines is 1. The van der Waals surface area contributed by atoms with E-state index in [0.717, 1.165) is 12.8 Å². The summed E-state index contributed by atoms with van der Waals surface area (Å²) in [6.45, 7) is 0.456. The number of rotatable bonds is 5. The zero-order valence-electron chi connectivity index (χ0n) is 11.4. The summed E-state index contributed by atoms with van der Waals surface area (Å²) in [5, 5.41) is 22.2. The molecule has 1 aromatic heterocycles. The van der Waals surface area contributed by atoms with E-state index in [1.807, 2.05) is 0 Å². The van der Waals surface area contributed by atoms with E-state index in [2.05, 4.69) is 10.3 Å². The fourth-order valence-electron chi connectivity index (χ4n) is 2.57. The summed E-state index contributed by atoms with van der Waals surface area (Å²) in [5.41, 5.74) is 0.154. The number of aliphatic carboxylic acids is 1. The predicted molar refractivity (Wildman–Crippen MR) is 72.9 cm³/mol. The van der Waals surface area contributed by atoms with Gasteiger partial charge in [-0.25, -0.2) is 4.98 Å². The van der Waals surface area contributed by atoms with Crippen LogP contribution in [0.25, 0.3) is 0 Å². The molecule has 1 saturated carbocycles. The Hall–Kier alpha value is -2.38. The predicted octanol–water partition coefficient (Wildman–Crippen LogP) is 1.54. The van der Waals surface area contributed by atoms with E-state index >= 15 is 0 Å². The van der Waals surface area contributed by atoms with E-state index in [9.17, 15) is 19.7 Å². The van der Waals surface area contributed by atoms with Crippen LogP contribution in [0.1, 0.15) is 36.2 Å². The molecule has 8 heteroatoms. The molecule has 0 atom stereocenters. The van der Waals surface area contributed by atoms with Crippen molar-refractivity contribution in [3.05, 3.63) is 27.9 Å². The Morgan fingerprint density at radius 3 is 2.52 bits per heavy atom. The Labute approximate surface area is 120 Å². The number of carbonyl (C=O) groups is 2. The van der Waals surface area contributed by atoms with Crippen molar-refractivity contribution < 1.29 is 19.6 Å². The number of carboxylic acids is 1. The van der Waals surface area contributed by atoms with Gasteiger partial charge in [-0.1, -0.05) is 0 Å². The average Bonchev–Trinajstić information content (AvgIpc) is 2.95. The minimum atomic E-state index is -0.754. The van der Waals surface area contributed by atoms with E-state index < -0.39 is 10.9 Å². The SMILES string of the molecule is O=C(NCC1CCC(C(=O)O)CC1)c1ccc([N+](=O)[O-])[nH]1. The highest BCUT2D eigenvalue weighted by Crippen LogP contribution is 2.28. The summed E-state index contributed by atoms with van der Waals surface area (Å²) in [6.07, 6.45) is 2.79. The molecule has 1 aromatic rings. The number of nitrogens with one attached hydrogen (secondary N) is 2. The molecule has 3 N–H and O–H groups in total. The van der Waals surface area contributed by atoms with Gasteiger partial charge in [0, 0.05) is 12.6 Å². The molecule has 21 heavy (non-hydrogen) atoms. The number of carboxylic acid groups (broad SMARTS) is 1. The van der Waals surface area contributed by atoms with E-state index in [1.165, 1.54) is 12.1 Å². The Balaban J connectivity index is 1.79. The number of hydrogen-bond acceptors (Lipinski definition) is 4. The van der Waals surface area contributed by atoms with Crippen molar-refractivity contribution in [1.29, 1.82) is 0 Å². The number of nitrogens with zero attached hydrogens (tertiary/aromatic N) is 1. The van der Waals surface area contributed by atoms with Crippen LogP contribution in [0.15, 0.2) is 12.1 Å². The van der Waals surface area contributed by atoms with Crippen molar-refractivity contribution in [3.63, 3.8) is 0 Å². The summed E-state index contributed by atoms with van der Waals surface area (Å²) in [6, 6.07) is 2.61. The highest BCUT2D eigenvalue weighted by Gasteiger charge is 2.26. The fraction of sp³-hybridized carbons (Fsp3) is 0.538. The van der Waals surface area contributed by atoms with Gasteiger partial charge in [0.05, 0.1) is 5.92 Å². The Morgan fingerprint density at radius 2 is 2.00 bits per heavy atom. The summed E-state index contributed by atoms with van der Waals surface area (Å²) >= 11 is 0. The maximum Gasteiger partial charge on any atom is 0.321 e. The second-order valence-electron chi connectivity index (χ2n) is 5.28. The molecule has 114 valence electrons. The summed E-state index contributed by atoms with van der Waals surface area (Å²) in [5.74, 6) is -1.38. The standard InChI is InChI=1S/C13H17N3O5/c17-12(10-5-6-11(15-10)16(20)21)14-7-8-1-3-9(4-2-8)13(18)19/h5-6,8-9,15H,1-4,7H2,(H,14,17)(H,18,19). The lowest BCUT2D eigenvalue weighted by Gasteiger charge is -2.25. The molecular weight excluding hydrogens is 278 g/mol. The first-order valence-electron chi connectivity index (χ1n) is 6.81. The van der Waals surface area contributed by atoms with Crippen LogP contribution in [-0.4, -0.2) is 33.4 Å². The third kappa shape index (κ3) is 3.80. The van der Waals surface area contributed by atoms with Gasteiger partial charge in [0.2, 0.25) is 0 Å². The highest BCUT2D eigenvalue weighted by molar-refractivity contribution is 5.92. The zero-order valence-corrected chi connectivity index (χ0v) is 11.4. The number of carbonyl (C=O) groups excluding carboxylic acids is 1. The molecule has 0 saturated heterocycles. The highest BCUT2D eigenvalue weighted by atomic mass is 16.6. The molecule has 1 aliphatic rings. The summed E-state index contributed by atoms with van der Waals surface area (Å²) in [7, 11) is 0. The molecule has 8 nitrogen and oxygen atoms in total. The number of H-pyrrole nitrogens is 1. The third-order valence-electron chi connectivity index (χ3n) is 3.86. The number of aromatic nitrogens is 1. The van der Waals surface area contributed by atoms with E-state index in [-0.39, 0.29) is 29.3 Å². The van der Waals surface area contributed by atoms with Crippen molar-refractivity contribution in [2.24, 2.45) is 11.8 Å². The van der Waals surface area contributed by atoms with E-state index in [4.69, 9.17) is 5.11 Å². The number of hydrogen-bond donors (Lipinski definition) is 3. The van der Waals surface area contributed by atoms with Gasteiger partial charge in [-0.05, 0) is 42.6 Å². The first-order chi connectivity index (χ1) is 9.97. The molecule has 1 aliphatic carbocycles. The van der Waals surface area contributed by atoms with Crippen molar-refractivity contribution in [3.8, 4) is 0 Å². The molecule has 0 aliphatic heterocycles. The normalized spacial score (nSPS) is 21.7. The van der Waals surface area contributed by atoms with Crippen LogP contribution in [0.2, 0.25) is 0 Å². The van der Waals surface area contributed by atoms with Crippen LogP contribution in [0.3, 0.4) is 0 Å². The van der Waals surface area contributed by atoms with Crippen molar-refractivity contribution in [2.45, 2.75) is 25.7 Å². The van der Waals surface area contributed by atoms with Crippen LogP contribution in [0.4, 0.5) is 5.82 Å². The summed E-state index contributed by atoms with van der Waals surface area (Å²) in [4.78, 5) is 35.0. The quantitative estimate of drug-likeness (QED) is 0.561. The smallest absolute Gasteiger partial charge is 0.321 e. The van der Waals surface area contributed by atoms with Gasteiger partial charge in [-0.15, -0.1) is 0 Å². The minimum absolute atomic E-state index is 0.154. The van der Waals surface area contributed by atoms with Gasteiger partial charge < -0.3 is 20.5 Å². The maximum atomic E-state index is 11.8. The molecule has 0 aromatic carbocycles. The van der Waals surface area contributed by atoms with Gasteiger partial charge in [-0.3, -0.25) is 9.59 Å². The monoisotopic (exact) mass is 295 g/mol. The second-order valence-corrected chi connectivity index (χ2v) is 5.28. The molecule has 0 radical (unpaired) electrons. The van der Waals surface area contributed by atoms with Crippen LogP contribution < -0.4 is 5.32 Å². The zero-order chi connectivity index (χ0) is 15.4. The number of amides is 1. The van der Waals surface area contributed by atoms with Gasteiger partial charge in [0.25, 0.3) is 5.91 Å². The second kappa shape index (κ2) is 6.38. The minimum Gasteiger partial charge on any atom is -0.481 e. The third-order valence-corrected chi connectivity index (χ3v) is 3.86. The molecule has 2 rings (SSSR count). The van der Waals surface area contributed by atoms with Crippen LogP contribution in [-0.2, 0) is 4.79 Å². The van der Waals surface area contributed by atoms with Gasteiger partial charge in [0.1, 0.15) is 0 Å². The molecule has 0 bridgehead atoms. The Bertz CT molecular complexity index is 546. The van der Waals surface area contributed by atoms with Crippen molar-refractivity contribution in [2.75, 3.05) is 6.54 Å². The maximum absolute atomic E-state index is 11.8. The van der Waals surface area contributed by atoms with Crippen molar-refractivity contribution in [1.82, 2.24) is 10.3 Å². The van der Waals surface area contributed by atoms with Crippen LogP contribution in [0, 0.1) is 22.0 Å². The van der Waals surface area contributed by atoms with Gasteiger partial charge in [-0.2, -0.15) is 0 Å². The fourth-order valence-corrected chi connectivity index (χ4v) is 2.57. The van der Waals surface area contributed by atoms with E-state index in [1.54, 1.807) is 0 Å². The Morgan fingerprint density at radius 1 is 1.33 bits per heavy atom. The lowest BCUT2D eigenvalue weighted by atomic mass is 9.82. The largest absolute Gasteiger partial charge is 0.481 e. The lowest BCUT2D eigenvalue weighted by Crippen LogP contribution is -2.32. The van der Waals surface area contributed by atoms with Crippen LogP contribution in [0.5, 0.6) is 0 Å². The first kappa shape index (κ1) is 15.0. The molecule has 0 spiro atoms. The summed E-state index contributed by atoms with van der Waals surface area (Å²) < 4.78 is 0. The molecule has 1 amide bonds. The molecule has 0 unspecified atom stereocenters. The van der Waals surface area contributed by atoms with E-state index in [0.29, 0.717) is 19.4 Å². The topological polar surface area (TPSA) is 125 Å². The molecule has 1 fully saturated rings. The van der Waals surface area contributed by atoms with Gasteiger partial charge in [0.15, 0.2) is 5.69 Å². The molecule has 1 heterocycles. The average molecular weight is 295 g/mol.